The molecular formula is C22H26N2O3S. The van der Waals surface area contributed by atoms with Crippen molar-refractivity contribution in [2.75, 3.05) is 23.0 Å². The Bertz CT molecular complexity index is 957. The van der Waals surface area contributed by atoms with Crippen molar-refractivity contribution in [2.24, 2.45) is 0 Å². The van der Waals surface area contributed by atoms with Crippen molar-refractivity contribution in [1.29, 1.82) is 0 Å². The highest BCUT2D eigenvalue weighted by Gasteiger charge is 2.50. The predicted octanol–water partition coefficient (Wildman–Crippen LogP) is 2.82. The molecule has 2 fully saturated rings. The van der Waals surface area contributed by atoms with Gasteiger partial charge in [0.1, 0.15) is 0 Å². The van der Waals surface area contributed by atoms with Crippen LogP contribution in [0.2, 0.25) is 0 Å². The van der Waals surface area contributed by atoms with E-state index in [-0.39, 0.29) is 42.1 Å². The van der Waals surface area contributed by atoms with Gasteiger partial charge in [0.25, 0.3) is 0 Å². The number of aryl methyl sites for hydroxylation is 1. The van der Waals surface area contributed by atoms with Gasteiger partial charge in [0, 0.05) is 17.8 Å². The molecule has 0 aromatic heterocycles. The molecule has 2 aromatic rings. The minimum absolute atomic E-state index is 0.0180. The standard InChI is InChI=1S/C22H26N2O3S/c1-3-17-9-11-19(12-10-17)24-21-15-28(26,27)14-20(21)23(13-22(24)25)16(2)18-7-5-4-6-8-18/h4-12,16,20-21H,3,13-15H2,1-2H3/t16?,20-,21+/m0/s1. The Morgan fingerprint density at radius 3 is 2.29 bits per heavy atom. The number of fused-ring (bicyclic) bond motifs is 1. The summed E-state index contributed by atoms with van der Waals surface area (Å²) in [6, 6.07) is 17.3. The van der Waals surface area contributed by atoms with E-state index < -0.39 is 9.84 Å². The van der Waals surface area contributed by atoms with E-state index in [1.54, 1.807) is 4.90 Å². The molecular weight excluding hydrogens is 372 g/mol. The molecule has 148 valence electrons. The third-order valence-corrected chi connectivity index (χ3v) is 7.74. The fourth-order valence-electron chi connectivity index (χ4n) is 4.48. The van der Waals surface area contributed by atoms with Crippen LogP contribution in [0.3, 0.4) is 0 Å². The Morgan fingerprint density at radius 1 is 1.00 bits per heavy atom. The molecule has 0 N–H and O–H groups in total. The van der Waals surface area contributed by atoms with Gasteiger partial charge in [-0.1, -0.05) is 49.4 Å². The van der Waals surface area contributed by atoms with Crippen LogP contribution in [0.1, 0.15) is 31.0 Å². The summed E-state index contributed by atoms with van der Waals surface area (Å²) < 4.78 is 25.0. The van der Waals surface area contributed by atoms with Gasteiger partial charge in [0.15, 0.2) is 9.84 Å². The highest BCUT2D eigenvalue weighted by Crippen LogP contribution is 2.36. The van der Waals surface area contributed by atoms with Crippen LogP contribution in [0, 0.1) is 0 Å². The summed E-state index contributed by atoms with van der Waals surface area (Å²) in [5.41, 5.74) is 3.09. The van der Waals surface area contributed by atoms with Crippen molar-refractivity contribution in [2.45, 2.75) is 38.4 Å². The topological polar surface area (TPSA) is 57.7 Å². The van der Waals surface area contributed by atoms with E-state index >= 15 is 0 Å². The molecule has 0 spiro atoms. The normalized spacial score (nSPS) is 25.5. The fourth-order valence-corrected chi connectivity index (χ4v) is 6.44. The number of benzene rings is 2. The summed E-state index contributed by atoms with van der Waals surface area (Å²) in [4.78, 5) is 16.9. The summed E-state index contributed by atoms with van der Waals surface area (Å²) in [5, 5.41) is 0. The second-order valence-electron chi connectivity index (χ2n) is 7.75. The zero-order valence-electron chi connectivity index (χ0n) is 16.3. The number of carbonyl (C=O) groups is 1. The van der Waals surface area contributed by atoms with Crippen molar-refractivity contribution >= 4 is 21.4 Å². The van der Waals surface area contributed by atoms with Gasteiger partial charge in [-0.05, 0) is 36.6 Å². The zero-order chi connectivity index (χ0) is 19.9. The van der Waals surface area contributed by atoms with E-state index in [0.29, 0.717) is 0 Å². The number of amides is 1. The van der Waals surface area contributed by atoms with Gasteiger partial charge in [0.2, 0.25) is 5.91 Å². The molecule has 2 saturated heterocycles. The average molecular weight is 399 g/mol. The van der Waals surface area contributed by atoms with E-state index in [1.807, 2.05) is 54.6 Å². The maximum absolute atomic E-state index is 13.1. The molecule has 1 amide bonds. The molecule has 28 heavy (non-hydrogen) atoms. The van der Waals surface area contributed by atoms with Crippen LogP contribution in [0.5, 0.6) is 0 Å². The van der Waals surface area contributed by atoms with E-state index in [4.69, 9.17) is 0 Å². The smallest absolute Gasteiger partial charge is 0.241 e. The van der Waals surface area contributed by atoms with Crippen LogP contribution in [0.15, 0.2) is 54.6 Å². The van der Waals surface area contributed by atoms with Crippen molar-refractivity contribution < 1.29 is 13.2 Å². The van der Waals surface area contributed by atoms with Gasteiger partial charge in [-0.15, -0.1) is 0 Å². The van der Waals surface area contributed by atoms with Gasteiger partial charge in [0.05, 0.1) is 24.1 Å². The fraction of sp³-hybridized carbons (Fsp3) is 0.409. The molecule has 2 aliphatic heterocycles. The van der Waals surface area contributed by atoms with Gasteiger partial charge in [-0.25, -0.2) is 8.42 Å². The second kappa shape index (κ2) is 7.33. The third kappa shape index (κ3) is 3.47. The highest BCUT2D eigenvalue weighted by molar-refractivity contribution is 7.91. The molecule has 0 bridgehead atoms. The Balaban J connectivity index is 1.69. The molecule has 2 heterocycles. The summed E-state index contributed by atoms with van der Waals surface area (Å²) in [6.07, 6.45) is 0.928. The Morgan fingerprint density at radius 2 is 1.64 bits per heavy atom. The second-order valence-corrected chi connectivity index (χ2v) is 9.91. The van der Waals surface area contributed by atoms with Gasteiger partial charge < -0.3 is 4.90 Å². The van der Waals surface area contributed by atoms with E-state index in [1.165, 1.54) is 5.56 Å². The summed E-state index contributed by atoms with van der Waals surface area (Å²) in [5.74, 6) is 0.0909. The Kier molecular flexibility index (Phi) is 5.02. The first-order valence-electron chi connectivity index (χ1n) is 9.81. The number of piperazine rings is 1. The van der Waals surface area contributed by atoms with Crippen molar-refractivity contribution in [3.05, 3.63) is 65.7 Å². The predicted molar refractivity (Wildman–Crippen MR) is 111 cm³/mol. The SMILES string of the molecule is CCc1ccc(N2C(=O)CN(C(C)c3ccccc3)[C@H]3CS(=O)(=O)C[C@H]32)cc1. The molecule has 0 radical (unpaired) electrons. The van der Waals surface area contributed by atoms with Crippen LogP contribution >= 0.6 is 0 Å². The van der Waals surface area contributed by atoms with Gasteiger partial charge >= 0.3 is 0 Å². The number of rotatable bonds is 4. The Labute approximate surface area is 166 Å². The lowest BCUT2D eigenvalue weighted by atomic mass is 9.97. The van der Waals surface area contributed by atoms with E-state index in [9.17, 15) is 13.2 Å². The minimum Gasteiger partial charge on any atom is -0.306 e. The molecule has 2 aliphatic rings. The number of sulfone groups is 1. The molecule has 0 aliphatic carbocycles. The zero-order valence-corrected chi connectivity index (χ0v) is 17.1. The van der Waals surface area contributed by atoms with Crippen LogP contribution < -0.4 is 4.90 Å². The highest BCUT2D eigenvalue weighted by atomic mass is 32.2. The van der Waals surface area contributed by atoms with Crippen molar-refractivity contribution in [3.63, 3.8) is 0 Å². The van der Waals surface area contributed by atoms with Crippen molar-refractivity contribution in [1.82, 2.24) is 4.90 Å². The van der Waals surface area contributed by atoms with Crippen LogP contribution in [-0.4, -0.2) is 49.4 Å². The summed E-state index contributed by atoms with van der Waals surface area (Å²) in [6.45, 7) is 4.36. The number of anilines is 1. The number of hydrogen-bond acceptors (Lipinski definition) is 4. The first-order chi connectivity index (χ1) is 13.4. The molecule has 0 saturated carbocycles. The maximum Gasteiger partial charge on any atom is 0.241 e. The first-order valence-corrected chi connectivity index (χ1v) is 11.6. The first kappa shape index (κ1) is 19.2. The molecule has 3 atom stereocenters. The lowest BCUT2D eigenvalue weighted by Gasteiger charge is -2.46. The summed E-state index contributed by atoms with van der Waals surface area (Å²) >= 11 is 0. The van der Waals surface area contributed by atoms with Crippen LogP contribution in [-0.2, 0) is 21.1 Å². The molecule has 6 heteroatoms. The molecule has 4 rings (SSSR count). The third-order valence-electron chi connectivity index (χ3n) is 6.04. The van der Waals surface area contributed by atoms with Crippen LogP contribution in [0.4, 0.5) is 5.69 Å². The number of hydrogen-bond donors (Lipinski definition) is 0. The largest absolute Gasteiger partial charge is 0.306 e. The molecule has 2 aromatic carbocycles. The van der Waals surface area contributed by atoms with E-state index in [2.05, 4.69) is 18.7 Å². The minimum atomic E-state index is -3.19. The van der Waals surface area contributed by atoms with Crippen LogP contribution in [0.25, 0.3) is 0 Å². The quantitative estimate of drug-likeness (QED) is 0.795. The van der Waals surface area contributed by atoms with Gasteiger partial charge in [-0.3, -0.25) is 9.69 Å². The Hall–Kier alpha value is -2.18. The van der Waals surface area contributed by atoms with Crippen molar-refractivity contribution in [3.8, 4) is 0 Å². The molecule has 5 nitrogen and oxygen atoms in total. The monoisotopic (exact) mass is 398 g/mol. The number of carbonyl (C=O) groups excluding carboxylic acids is 1. The number of nitrogens with zero attached hydrogens (tertiary/aromatic N) is 2. The van der Waals surface area contributed by atoms with E-state index in [0.717, 1.165) is 17.7 Å². The average Bonchev–Trinajstić information content (AvgIpc) is 3.02. The van der Waals surface area contributed by atoms with Gasteiger partial charge in [-0.2, -0.15) is 0 Å². The lowest BCUT2D eigenvalue weighted by molar-refractivity contribution is -0.124. The molecule has 1 unspecified atom stereocenters. The maximum atomic E-state index is 13.1. The summed E-state index contributed by atoms with van der Waals surface area (Å²) in [7, 11) is -3.19. The lowest BCUT2D eigenvalue weighted by Crippen LogP contribution is -2.62.